The van der Waals surface area contributed by atoms with Crippen LogP contribution in [-0.2, 0) is 14.4 Å². The fourth-order valence-corrected chi connectivity index (χ4v) is 6.75. The van der Waals surface area contributed by atoms with E-state index in [1.807, 2.05) is 6.07 Å². The number of carbonyl (C=O) groups excluding carboxylic acids is 2. The average Bonchev–Trinajstić information content (AvgIpc) is 3.69. The Kier molecular flexibility index (Phi) is 9.64. The number of aliphatic carboxylic acids is 1. The second-order valence-corrected chi connectivity index (χ2v) is 11.9. The molecule has 228 valence electrons. The lowest BCUT2D eigenvalue weighted by molar-refractivity contribution is -0.140. The van der Waals surface area contributed by atoms with Crippen LogP contribution in [0.5, 0.6) is 5.75 Å². The van der Waals surface area contributed by atoms with Crippen molar-refractivity contribution >= 4 is 40.1 Å². The van der Waals surface area contributed by atoms with Crippen LogP contribution in [0.15, 0.2) is 41.9 Å². The van der Waals surface area contributed by atoms with E-state index in [0.29, 0.717) is 58.6 Å². The zero-order valence-electron chi connectivity index (χ0n) is 23.9. The number of benzene rings is 1. The predicted molar refractivity (Wildman–Crippen MR) is 159 cm³/mol. The highest BCUT2D eigenvalue weighted by Gasteiger charge is 2.31. The number of thiazole rings is 1. The van der Waals surface area contributed by atoms with Crippen molar-refractivity contribution in [3.8, 4) is 28.1 Å². The first kappa shape index (κ1) is 30.5. The molecule has 12 heteroatoms. The number of ether oxygens (including phenoxy) is 1. The Bertz CT molecular complexity index is 1460. The van der Waals surface area contributed by atoms with Crippen LogP contribution in [0.3, 0.4) is 0 Å². The van der Waals surface area contributed by atoms with Gasteiger partial charge in [0.2, 0.25) is 11.8 Å². The van der Waals surface area contributed by atoms with Gasteiger partial charge in [-0.15, -0.1) is 11.3 Å². The summed E-state index contributed by atoms with van der Waals surface area (Å²) in [7, 11) is 1.58. The van der Waals surface area contributed by atoms with Crippen LogP contribution in [0.25, 0.3) is 22.4 Å². The molecule has 2 fully saturated rings. The molecule has 1 aliphatic carbocycles. The lowest BCUT2D eigenvalue weighted by Gasteiger charge is -2.25. The number of aromatic nitrogens is 2. The van der Waals surface area contributed by atoms with Crippen molar-refractivity contribution in [1.82, 2.24) is 9.97 Å². The van der Waals surface area contributed by atoms with Crippen molar-refractivity contribution in [2.75, 3.05) is 23.4 Å². The van der Waals surface area contributed by atoms with E-state index in [0.717, 1.165) is 38.5 Å². The highest BCUT2D eigenvalue weighted by molar-refractivity contribution is 7.14. The molecule has 0 spiro atoms. The van der Waals surface area contributed by atoms with E-state index in [2.05, 4.69) is 14.7 Å². The summed E-state index contributed by atoms with van der Waals surface area (Å²) in [6.45, 7) is -2.40. The van der Waals surface area contributed by atoms with E-state index in [-0.39, 0.29) is 24.0 Å². The third-order valence-electron chi connectivity index (χ3n) is 8.12. The summed E-state index contributed by atoms with van der Waals surface area (Å²) in [4.78, 5) is 49.6. The molecule has 3 heterocycles. The molecular weight excluding hydrogens is 578 g/mol. The normalized spacial score (nSPS) is 16.5. The molecule has 1 N–H and O–H groups in total. The minimum atomic E-state index is -3.01. The number of carbonyl (C=O) groups is 3. The van der Waals surface area contributed by atoms with Crippen LogP contribution in [-0.4, -0.2) is 53.1 Å². The van der Waals surface area contributed by atoms with E-state index >= 15 is 0 Å². The van der Waals surface area contributed by atoms with Crippen molar-refractivity contribution in [2.45, 2.75) is 64.4 Å². The number of anilines is 2. The van der Waals surface area contributed by atoms with Crippen molar-refractivity contribution in [2.24, 2.45) is 11.8 Å². The molecule has 1 atom stereocenters. The number of nitrogens with zero attached hydrogens (tertiary/aromatic N) is 4. The Morgan fingerprint density at radius 3 is 2.60 bits per heavy atom. The van der Waals surface area contributed by atoms with Gasteiger partial charge >= 0.3 is 12.6 Å². The van der Waals surface area contributed by atoms with Gasteiger partial charge in [0.25, 0.3) is 0 Å². The van der Waals surface area contributed by atoms with E-state index in [1.165, 1.54) is 28.4 Å². The Balaban J connectivity index is 1.43. The molecule has 9 nitrogen and oxygen atoms in total. The highest BCUT2D eigenvalue weighted by Crippen LogP contribution is 2.38. The number of carboxylic acid groups (broad SMARTS) is 1. The third kappa shape index (κ3) is 7.35. The number of hydrogen-bond acceptors (Lipinski definition) is 7. The number of pyridine rings is 1. The average molecular weight is 613 g/mol. The van der Waals surface area contributed by atoms with Gasteiger partial charge in [-0.3, -0.25) is 24.2 Å². The molecular formula is C31H34F2N4O5S. The van der Waals surface area contributed by atoms with Gasteiger partial charge in [-0.05, 0) is 61.1 Å². The Labute approximate surface area is 252 Å². The van der Waals surface area contributed by atoms with Gasteiger partial charge in [0.15, 0.2) is 5.13 Å². The number of rotatable bonds is 11. The zero-order chi connectivity index (χ0) is 30.5. The largest absolute Gasteiger partial charge is 0.481 e. The summed E-state index contributed by atoms with van der Waals surface area (Å²) < 4.78 is 30.8. The lowest BCUT2D eigenvalue weighted by atomic mass is 9.90. The number of hydrogen-bond donors (Lipinski definition) is 1. The number of piperidine rings is 1. The highest BCUT2D eigenvalue weighted by atomic mass is 32.1. The maximum absolute atomic E-state index is 13.5. The second-order valence-electron chi connectivity index (χ2n) is 11.1. The molecule has 1 saturated heterocycles. The van der Waals surface area contributed by atoms with Crippen LogP contribution in [0.2, 0.25) is 0 Å². The van der Waals surface area contributed by atoms with Crippen LogP contribution >= 0.6 is 11.3 Å². The number of carboxylic acids is 1. The molecule has 0 unspecified atom stereocenters. The smallest absolute Gasteiger partial charge is 0.387 e. The fourth-order valence-electron chi connectivity index (χ4n) is 5.96. The third-order valence-corrected chi connectivity index (χ3v) is 9.04. The van der Waals surface area contributed by atoms with Gasteiger partial charge in [0, 0.05) is 48.6 Å². The van der Waals surface area contributed by atoms with E-state index in [9.17, 15) is 28.3 Å². The van der Waals surface area contributed by atoms with Crippen molar-refractivity contribution in [3.05, 3.63) is 41.9 Å². The molecule has 1 aliphatic heterocycles. The van der Waals surface area contributed by atoms with Gasteiger partial charge in [0.05, 0.1) is 12.1 Å². The molecule has 2 aromatic heterocycles. The number of amides is 2. The molecule has 1 saturated carbocycles. The summed E-state index contributed by atoms with van der Waals surface area (Å²) in [6, 6.07) is 8.14. The van der Waals surface area contributed by atoms with Crippen LogP contribution in [0.1, 0.15) is 57.8 Å². The van der Waals surface area contributed by atoms with Gasteiger partial charge in [-0.2, -0.15) is 8.78 Å². The van der Waals surface area contributed by atoms with Crippen molar-refractivity contribution in [3.63, 3.8) is 0 Å². The molecule has 2 aliphatic rings. The van der Waals surface area contributed by atoms with Gasteiger partial charge < -0.3 is 9.84 Å². The number of halogens is 2. The number of alkyl halides is 2. The molecule has 3 aromatic rings. The topological polar surface area (TPSA) is 113 Å². The fraction of sp³-hybridized carbons (Fsp3) is 0.452. The van der Waals surface area contributed by atoms with E-state index < -0.39 is 18.5 Å². The van der Waals surface area contributed by atoms with Gasteiger partial charge in [-0.25, -0.2) is 9.97 Å². The maximum Gasteiger partial charge on any atom is 0.387 e. The summed E-state index contributed by atoms with van der Waals surface area (Å²) in [5.41, 5.74) is 2.28. The minimum absolute atomic E-state index is 0.0307. The molecule has 1 aromatic carbocycles. The summed E-state index contributed by atoms with van der Waals surface area (Å²) >= 11 is 1.20. The molecule has 2 amide bonds. The standard InChI is InChI=1S/C31H34F2N4O5S/c1-36(29(41)21(15-28(39)40)14-19-6-2-3-7-19)31-35-25(18-43-31)24-16-22(42-30(32)33)10-11-23(24)20-9-12-26(34-17-20)37-13-5-4-8-27(37)38/h9-12,16-19,21,30H,2-8,13-15H2,1H3,(H,39,40)/t21-/m1/s1. The van der Waals surface area contributed by atoms with Gasteiger partial charge in [0.1, 0.15) is 11.6 Å². The molecule has 0 bridgehead atoms. The Hall–Kier alpha value is -3.93. The van der Waals surface area contributed by atoms with Gasteiger partial charge in [-0.1, -0.05) is 25.7 Å². The van der Waals surface area contributed by atoms with E-state index in [1.54, 1.807) is 35.7 Å². The van der Waals surface area contributed by atoms with Crippen LogP contribution < -0.4 is 14.5 Å². The molecule has 0 radical (unpaired) electrons. The SMILES string of the molecule is CN(C(=O)[C@@H](CC(=O)O)CC1CCCC1)c1nc(-c2cc(OC(F)F)ccc2-c2ccc(N3CCCCC3=O)nc2)cs1. The van der Waals surface area contributed by atoms with E-state index in [4.69, 9.17) is 0 Å². The first-order valence-electron chi connectivity index (χ1n) is 14.5. The molecule has 43 heavy (non-hydrogen) atoms. The monoisotopic (exact) mass is 612 g/mol. The Morgan fingerprint density at radius 1 is 1.14 bits per heavy atom. The van der Waals surface area contributed by atoms with Crippen LogP contribution in [0.4, 0.5) is 19.7 Å². The van der Waals surface area contributed by atoms with Crippen LogP contribution in [0, 0.1) is 11.8 Å². The first-order valence-corrected chi connectivity index (χ1v) is 15.4. The quantitative estimate of drug-likeness (QED) is 0.259. The summed E-state index contributed by atoms with van der Waals surface area (Å²) in [6.07, 6.45) is 8.35. The second kappa shape index (κ2) is 13.6. The maximum atomic E-state index is 13.5. The molecule has 5 rings (SSSR count). The predicted octanol–water partition coefficient (Wildman–Crippen LogP) is 6.62. The Morgan fingerprint density at radius 2 is 1.93 bits per heavy atom. The summed E-state index contributed by atoms with van der Waals surface area (Å²) in [5.74, 6) is -1.12. The zero-order valence-corrected chi connectivity index (χ0v) is 24.7. The lowest BCUT2D eigenvalue weighted by Crippen LogP contribution is -2.35. The minimum Gasteiger partial charge on any atom is -0.481 e. The summed E-state index contributed by atoms with van der Waals surface area (Å²) in [5, 5.41) is 11.6. The van der Waals surface area contributed by atoms with Crippen molar-refractivity contribution < 1.29 is 33.0 Å². The first-order chi connectivity index (χ1) is 20.7. The van der Waals surface area contributed by atoms with Crippen molar-refractivity contribution in [1.29, 1.82) is 0 Å².